The van der Waals surface area contributed by atoms with Crippen molar-refractivity contribution < 1.29 is 4.79 Å². The predicted molar refractivity (Wildman–Crippen MR) is 127 cm³/mol. The fourth-order valence-corrected chi connectivity index (χ4v) is 3.28. The summed E-state index contributed by atoms with van der Waals surface area (Å²) in [5.74, 6) is 0.528. The largest absolute Gasteiger partial charge is 0.348 e. The van der Waals surface area contributed by atoms with Gasteiger partial charge in [0.2, 0.25) is 0 Å². The summed E-state index contributed by atoms with van der Waals surface area (Å²) in [4.78, 5) is 12.4. The van der Waals surface area contributed by atoms with Gasteiger partial charge in [-0.15, -0.1) is 10.2 Å². The Morgan fingerprint density at radius 1 is 0.839 bits per heavy atom. The van der Waals surface area contributed by atoms with Gasteiger partial charge in [-0.05, 0) is 61.0 Å². The van der Waals surface area contributed by atoms with E-state index in [0.29, 0.717) is 17.9 Å². The molecular weight excluding hydrogens is 452 g/mol. The third-order valence-electron chi connectivity index (χ3n) is 4.80. The molecule has 3 aromatic carbocycles. The second kappa shape index (κ2) is 9.53. The lowest BCUT2D eigenvalue weighted by Gasteiger charge is -2.08. The number of halogens is 1. The van der Waals surface area contributed by atoms with Crippen molar-refractivity contribution in [2.45, 2.75) is 13.5 Å². The molecule has 4 aromatic rings. The van der Waals surface area contributed by atoms with Gasteiger partial charge >= 0.3 is 0 Å². The normalized spacial score (nSPS) is 10.5. The summed E-state index contributed by atoms with van der Waals surface area (Å²) in [6, 6.07) is 27.1. The Kier molecular flexibility index (Phi) is 6.38. The summed E-state index contributed by atoms with van der Waals surface area (Å²) in [5, 5.41) is 14.7. The van der Waals surface area contributed by atoms with Crippen molar-refractivity contribution in [2.24, 2.45) is 0 Å². The van der Waals surface area contributed by atoms with Crippen LogP contribution in [0.2, 0.25) is 0 Å². The average molecular weight is 473 g/mol. The lowest BCUT2D eigenvalue weighted by Crippen LogP contribution is -2.22. The second-order valence-electron chi connectivity index (χ2n) is 7.18. The fraction of sp³-hybridized carbons (Fsp3) is 0.0800. The quantitative estimate of drug-likeness (QED) is 0.367. The number of anilines is 2. The SMILES string of the molecule is Cc1ccc(-c2ccc(Nc3ccc(C(=O)NCc4ccc(Br)cc4)cc3)nn2)cc1. The maximum atomic E-state index is 12.4. The van der Waals surface area contributed by atoms with Crippen LogP contribution in [0, 0.1) is 6.92 Å². The van der Waals surface area contributed by atoms with Gasteiger partial charge in [-0.1, -0.05) is 57.9 Å². The molecule has 0 fully saturated rings. The summed E-state index contributed by atoms with van der Waals surface area (Å²) in [5.41, 5.74) is 5.54. The summed E-state index contributed by atoms with van der Waals surface area (Å²) >= 11 is 3.41. The maximum Gasteiger partial charge on any atom is 0.251 e. The third-order valence-corrected chi connectivity index (χ3v) is 5.33. The van der Waals surface area contributed by atoms with Gasteiger partial charge < -0.3 is 10.6 Å². The molecule has 1 heterocycles. The number of hydrogen-bond acceptors (Lipinski definition) is 4. The minimum absolute atomic E-state index is 0.114. The van der Waals surface area contributed by atoms with Crippen LogP contribution in [0.1, 0.15) is 21.5 Å². The molecule has 31 heavy (non-hydrogen) atoms. The molecule has 0 radical (unpaired) electrons. The molecule has 2 N–H and O–H groups in total. The minimum Gasteiger partial charge on any atom is -0.348 e. The zero-order chi connectivity index (χ0) is 21.6. The van der Waals surface area contributed by atoms with E-state index in [1.165, 1.54) is 5.56 Å². The van der Waals surface area contributed by atoms with E-state index in [0.717, 1.165) is 27.0 Å². The molecule has 0 saturated heterocycles. The van der Waals surface area contributed by atoms with Gasteiger partial charge in [0.05, 0.1) is 5.69 Å². The topological polar surface area (TPSA) is 66.9 Å². The van der Waals surface area contributed by atoms with E-state index < -0.39 is 0 Å². The highest BCUT2D eigenvalue weighted by Crippen LogP contribution is 2.20. The first-order valence-electron chi connectivity index (χ1n) is 9.87. The number of aryl methyl sites for hydroxylation is 1. The number of carbonyl (C=O) groups excluding carboxylic acids is 1. The van der Waals surface area contributed by atoms with Gasteiger partial charge in [-0.3, -0.25) is 4.79 Å². The van der Waals surface area contributed by atoms with Crippen LogP contribution < -0.4 is 10.6 Å². The monoisotopic (exact) mass is 472 g/mol. The van der Waals surface area contributed by atoms with Gasteiger partial charge in [-0.25, -0.2) is 0 Å². The molecule has 0 saturated carbocycles. The molecule has 0 aliphatic carbocycles. The first kappa shape index (κ1) is 20.8. The van der Waals surface area contributed by atoms with Crippen molar-refractivity contribution >= 4 is 33.3 Å². The highest BCUT2D eigenvalue weighted by molar-refractivity contribution is 9.10. The standard InChI is InChI=1S/C25H21BrN4O/c1-17-2-6-19(7-3-17)23-14-15-24(30-29-23)28-22-12-8-20(9-13-22)25(31)27-16-18-4-10-21(26)11-5-18/h2-15H,16H2,1H3,(H,27,31)(H,28,30). The number of benzene rings is 3. The molecule has 0 aliphatic heterocycles. The van der Waals surface area contributed by atoms with Crippen molar-refractivity contribution in [3.8, 4) is 11.3 Å². The van der Waals surface area contributed by atoms with Gasteiger partial charge in [-0.2, -0.15) is 0 Å². The van der Waals surface area contributed by atoms with E-state index in [1.54, 1.807) is 12.1 Å². The molecule has 4 rings (SSSR count). The highest BCUT2D eigenvalue weighted by atomic mass is 79.9. The Labute approximate surface area is 189 Å². The lowest BCUT2D eigenvalue weighted by atomic mass is 10.1. The number of aromatic nitrogens is 2. The van der Waals surface area contributed by atoms with Crippen LogP contribution in [-0.4, -0.2) is 16.1 Å². The van der Waals surface area contributed by atoms with Crippen molar-refractivity contribution in [1.82, 2.24) is 15.5 Å². The van der Waals surface area contributed by atoms with Gasteiger partial charge in [0, 0.05) is 27.8 Å². The Morgan fingerprint density at radius 3 is 2.19 bits per heavy atom. The number of rotatable bonds is 6. The molecular formula is C25H21BrN4O. The molecule has 0 unspecified atom stereocenters. The van der Waals surface area contributed by atoms with Crippen molar-refractivity contribution in [2.75, 3.05) is 5.32 Å². The number of amides is 1. The van der Waals surface area contributed by atoms with Crippen LogP contribution in [-0.2, 0) is 6.54 Å². The number of nitrogens with one attached hydrogen (secondary N) is 2. The molecule has 5 nitrogen and oxygen atoms in total. The van der Waals surface area contributed by atoms with E-state index in [4.69, 9.17) is 0 Å². The van der Waals surface area contributed by atoms with Gasteiger partial charge in [0.1, 0.15) is 0 Å². The molecule has 0 atom stereocenters. The molecule has 0 spiro atoms. The van der Waals surface area contributed by atoms with Gasteiger partial charge in [0.15, 0.2) is 5.82 Å². The molecule has 6 heteroatoms. The molecule has 0 bridgehead atoms. The molecule has 1 amide bonds. The predicted octanol–water partition coefficient (Wildman–Crippen LogP) is 5.89. The van der Waals surface area contributed by atoms with Crippen LogP contribution in [0.5, 0.6) is 0 Å². The van der Waals surface area contributed by atoms with Crippen LogP contribution >= 0.6 is 15.9 Å². The third kappa shape index (κ3) is 5.55. The zero-order valence-corrected chi connectivity index (χ0v) is 18.6. The Hall–Kier alpha value is -3.51. The number of carbonyl (C=O) groups is 1. The van der Waals surface area contributed by atoms with Crippen molar-refractivity contribution in [3.63, 3.8) is 0 Å². The number of hydrogen-bond donors (Lipinski definition) is 2. The molecule has 1 aromatic heterocycles. The zero-order valence-electron chi connectivity index (χ0n) is 17.0. The van der Waals surface area contributed by atoms with E-state index >= 15 is 0 Å². The summed E-state index contributed by atoms with van der Waals surface area (Å²) in [7, 11) is 0. The van der Waals surface area contributed by atoms with E-state index in [-0.39, 0.29) is 5.91 Å². The first-order chi connectivity index (χ1) is 15.1. The lowest BCUT2D eigenvalue weighted by molar-refractivity contribution is 0.0951. The smallest absolute Gasteiger partial charge is 0.251 e. The Bertz CT molecular complexity index is 1160. The van der Waals surface area contributed by atoms with E-state index in [9.17, 15) is 4.79 Å². The van der Waals surface area contributed by atoms with Crippen molar-refractivity contribution in [1.29, 1.82) is 0 Å². The van der Waals surface area contributed by atoms with Crippen LogP contribution in [0.3, 0.4) is 0 Å². The maximum absolute atomic E-state index is 12.4. The molecule has 0 aliphatic rings. The summed E-state index contributed by atoms with van der Waals surface area (Å²) < 4.78 is 1.01. The van der Waals surface area contributed by atoms with Crippen LogP contribution in [0.15, 0.2) is 89.4 Å². The minimum atomic E-state index is -0.114. The van der Waals surface area contributed by atoms with Crippen molar-refractivity contribution in [3.05, 3.63) is 106 Å². The van der Waals surface area contributed by atoms with Crippen LogP contribution in [0.25, 0.3) is 11.3 Å². The second-order valence-corrected chi connectivity index (χ2v) is 8.10. The van der Waals surface area contributed by atoms with E-state index in [2.05, 4.69) is 55.8 Å². The van der Waals surface area contributed by atoms with Gasteiger partial charge in [0.25, 0.3) is 5.91 Å². The highest BCUT2D eigenvalue weighted by Gasteiger charge is 2.06. The van der Waals surface area contributed by atoms with Crippen LogP contribution in [0.4, 0.5) is 11.5 Å². The number of nitrogens with zero attached hydrogens (tertiary/aromatic N) is 2. The Morgan fingerprint density at radius 2 is 1.55 bits per heavy atom. The summed E-state index contributed by atoms with van der Waals surface area (Å²) in [6.45, 7) is 2.54. The average Bonchev–Trinajstić information content (AvgIpc) is 2.80. The fourth-order valence-electron chi connectivity index (χ4n) is 3.02. The molecule has 154 valence electrons. The summed E-state index contributed by atoms with van der Waals surface area (Å²) in [6.07, 6.45) is 0. The Balaban J connectivity index is 1.35. The first-order valence-corrected chi connectivity index (χ1v) is 10.7. The van der Waals surface area contributed by atoms with E-state index in [1.807, 2.05) is 60.7 Å².